The lowest BCUT2D eigenvalue weighted by atomic mass is 9.99. The average Bonchev–Trinajstić information content (AvgIpc) is 3.02. The number of likely N-dealkylation sites (tertiary alicyclic amines) is 1. The smallest absolute Gasteiger partial charge is 0.168 e. The standard InChI is InChI=1S/C18H26N4S2/c1-21(2)11-6-10-19-18(23)22-12-5-7-14(13-22)17-20-15-8-3-4-9-16(15)24-17/h3-4,8-9,14H,5-7,10-13H2,1-2H3,(H,19,23)/p+1/t14-/m1/s1. The van der Waals surface area contributed by atoms with E-state index in [1.54, 1.807) is 0 Å². The predicted octanol–water partition coefficient (Wildman–Crippen LogP) is 1.88. The minimum atomic E-state index is 0.502. The molecule has 2 aromatic rings. The maximum Gasteiger partial charge on any atom is 0.168 e. The Labute approximate surface area is 153 Å². The number of hydrogen-bond acceptors (Lipinski definition) is 3. The number of fused-ring (bicyclic) bond motifs is 1. The third-order valence-electron chi connectivity index (χ3n) is 4.50. The van der Waals surface area contributed by atoms with Gasteiger partial charge >= 0.3 is 0 Å². The summed E-state index contributed by atoms with van der Waals surface area (Å²) < 4.78 is 1.29. The van der Waals surface area contributed by atoms with Crippen LogP contribution in [0.25, 0.3) is 10.2 Å². The summed E-state index contributed by atoms with van der Waals surface area (Å²) in [5, 5.41) is 5.61. The number of aromatic nitrogens is 1. The number of rotatable bonds is 5. The number of nitrogens with zero attached hydrogens (tertiary/aromatic N) is 2. The number of hydrogen-bond donors (Lipinski definition) is 2. The van der Waals surface area contributed by atoms with Crippen molar-refractivity contribution >= 4 is 38.9 Å². The van der Waals surface area contributed by atoms with Gasteiger partial charge in [0, 0.05) is 32.0 Å². The molecule has 6 heteroatoms. The highest BCUT2D eigenvalue weighted by molar-refractivity contribution is 7.80. The molecule has 1 atom stereocenters. The second-order valence-electron chi connectivity index (χ2n) is 6.85. The fourth-order valence-corrected chi connectivity index (χ4v) is 4.54. The fraction of sp³-hybridized carbons (Fsp3) is 0.556. The lowest BCUT2D eigenvalue weighted by Crippen LogP contribution is -3.05. The molecular weight excluding hydrogens is 336 g/mol. The molecule has 0 bridgehead atoms. The Balaban J connectivity index is 1.56. The molecule has 1 aromatic heterocycles. The molecule has 130 valence electrons. The second kappa shape index (κ2) is 8.23. The van der Waals surface area contributed by atoms with E-state index < -0.39 is 0 Å². The highest BCUT2D eigenvalue weighted by Gasteiger charge is 2.25. The average molecular weight is 364 g/mol. The van der Waals surface area contributed by atoms with Crippen LogP contribution >= 0.6 is 23.6 Å². The summed E-state index contributed by atoms with van der Waals surface area (Å²) in [6, 6.07) is 8.42. The van der Waals surface area contributed by atoms with Gasteiger partial charge in [-0.1, -0.05) is 12.1 Å². The minimum Gasteiger partial charge on any atom is -0.362 e. The topological polar surface area (TPSA) is 32.6 Å². The van der Waals surface area contributed by atoms with Gasteiger partial charge in [0.25, 0.3) is 0 Å². The van der Waals surface area contributed by atoms with E-state index >= 15 is 0 Å². The zero-order chi connectivity index (χ0) is 16.9. The maximum absolute atomic E-state index is 5.61. The van der Waals surface area contributed by atoms with Crippen LogP contribution in [-0.2, 0) is 0 Å². The molecular formula is C18H27N4S2+. The normalized spacial score (nSPS) is 18.3. The Hall–Kier alpha value is -1.24. The van der Waals surface area contributed by atoms with Crippen molar-refractivity contribution in [3.05, 3.63) is 29.3 Å². The Morgan fingerprint density at radius 2 is 2.25 bits per heavy atom. The SMILES string of the molecule is C[NH+](C)CCCNC(=S)N1CCC[C@@H](c2nc3ccccc3s2)C1. The van der Waals surface area contributed by atoms with E-state index in [1.807, 2.05) is 11.3 Å². The van der Waals surface area contributed by atoms with Crippen LogP contribution in [0.3, 0.4) is 0 Å². The van der Waals surface area contributed by atoms with Gasteiger partial charge in [-0.15, -0.1) is 11.3 Å². The first-order valence-corrected chi connectivity index (χ1v) is 10.0. The van der Waals surface area contributed by atoms with Crippen molar-refractivity contribution in [2.24, 2.45) is 0 Å². The van der Waals surface area contributed by atoms with E-state index in [-0.39, 0.29) is 0 Å². The summed E-state index contributed by atoms with van der Waals surface area (Å²) in [4.78, 5) is 8.66. The Morgan fingerprint density at radius 1 is 1.42 bits per heavy atom. The van der Waals surface area contributed by atoms with E-state index in [4.69, 9.17) is 17.2 Å². The van der Waals surface area contributed by atoms with Crippen molar-refractivity contribution in [1.29, 1.82) is 0 Å². The van der Waals surface area contributed by atoms with Gasteiger partial charge in [0.1, 0.15) is 0 Å². The van der Waals surface area contributed by atoms with Crippen molar-refractivity contribution in [2.45, 2.75) is 25.2 Å². The molecule has 0 unspecified atom stereocenters. The minimum absolute atomic E-state index is 0.502. The van der Waals surface area contributed by atoms with Gasteiger partial charge in [0.15, 0.2) is 5.11 Å². The molecule has 1 saturated heterocycles. The molecule has 1 fully saturated rings. The number of benzene rings is 1. The highest BCUT2D eigenvalue weighted by atomic mass is 32.1. The van der Waals surface area contributed by atoms with Crippen molar-refractivity contribution in [1.82, 2.24) is 15.2 Å². The second-order valence-corrected chi connectivity index (χ2v) is 8.30. The fourth-order valence-electron chi connectivity index (χ4n) is 3.18. The van der Waals surface area contributed by atoms with Crippen LogP contribution in [0.5, 0.6) is 0 Å². The summed E-state index contributed by atoms with van der Waals surface area (Å²) in [5.41, 5.74) is 1.13. The molecule has 2 N–H and O–H groups in total. The summed E-state index contributed by atoms with van der Waals surface area (Å²) in [7, 11) is 4.37. The van der Waals surface area contributed by atoms with Crippen LogP contribution in [0.4, 0.5) is 0 Å². The molecule has 0 radical (unpaired) electrons. The lowest BCUT2D eigenvalue weighted by Gasteiger charge is -2.33. The highest BCUT2D eigenvalue weighted by Crippen LogP contribution is 2.32. The number of piperidine rings is 1. The molecule has 1 aliphatic rings. The van der Waals surface area contributed by atoms with Crippen molar-refractivity contribution in [2.75, 3.05) is 40.3 Å². The molecule has 1 aromatic carbocycles. The first-order chi connectivity index (χ1) is 11.6. The van der Waals surface area contributed by atoms with Gasteiger partial charge in [-0.05, 0) is 37.2 Å². The van der Waals surface area contributed by atoms with E-state index in [2.05, 4.69) is 48.6 Å². The van der Waals surface area contributed by atoms with E-state index in [0.717, 1.165) is 36.7 Å². The Kier molecular flexibility index (Phi) is 6.03. The zero-order valence-corrected chi connectivity index (χ0v) is 16.2. The quantitative estimate of drug-likeness (QED) is 0.628. The summed E-state index contributed by atoms with van der Waals surface area (Å²) in [5.74, 6) is 0.502. The first kappa shape index (κ1) is 17.6. The molecule has 0 spiro atoms. The lowest BCUT2D eigenvalue weighted by molar-refractivity contribution is -0.858. The number of thiocarbonyl (C=S) groups is 1. The number of para-hydroxylation sites is 1. The molecule has 1 aliphatic heterocycles. The summed E-state index contributed by atoms with van der Waals surface area (Å²) >= 11 is 7.45. The monoisotopic (exact) mass is 363 g/mol. The summed E-state index contributed by atoms with van der Waals surface area (Å²) in [6.45, 7) is 4.19. The maximum atomic E-state index is 5.61. The van der Waals surface area contributed by atoms with Crippen molar-refractivity contribution < 1.29 is 4.90 Å². The third kappa shape index (κ3) is 4.43. The van der Waals surface area contributed by atoms with Gasteiger partial charge in [-0.25, -0.2) is 4.98 Å². The van der Waals surface area contributed by atoms with Gasteiger partial charge in [0.2, 0.25) is 0 Å². The number of thiazole rings is 1. The first-order valence-electron chi connectivity index (χ1n) is 8.81. The van der Waals surface area contributed by atoms with Crippen molar-refractivity contribution in [3.8, 4) is 0 Å². The van der Waals surface area contributed by atoms with Gasteiger partial charge < -0.3 is 15.1 Å². The number of nitrogens with one attached hydrogen (secondary N) is 2. The van der Waals surface area contributed by atoms with Crippen LogP contribution in [0, 0.1) is 0 Å². The van der Waals surface area contributed by atoms with Crippen LogP contribution in [0.15, 0.2) is 24.3 Å². The molecule has 24 heavy (non-hydrogen) atoms. The predicted molar refractivity (Wildman–Crippen MR) is 106 cm³/mol. The van der Waals surface area contributed by atoms with Crippen LogP contribution < -0.4 is 10.2 Å². The van der Waals surface area contributed by atoms with Gasteiger partial charge in [-0.2, -0.15) is 0 Å². The third-order valence-corrected chi connectivity index (χ3v) is 6.10. The van der Waals surface area contributed by atoms with E-state index in [9.17, 15) is 0 Å². The van der Waals surface area contributed by atoms with Gasteiger partial charge in [-0.3, -0.25) is 0 Å². The molecule has 2 heterocycles. The number of quaternary nitrogens is 1. The molecule has 0 aliphatic carbocycles. The van der Waals surface area contributed by atoms with E-state index in [1.165, 1.54) is 34.0 Å². The van der Waals surface area contributed by atoms with Gasteiger partial charge in [0.05, 0.1) is 35.9 Å². The Morgan fingerprint density at radius 3 is 3.04 bits per heavy atom. The van der Waals surface area contributed by atoms with Crippen LogP contribution in [-0.4, -0.2) is 55.3 Å². The Bertz CT molecular complexity index is 649. The molecule has 0 saturated carbocycles. The van der Waals surface area contributed by atoms with E-state index in [0.29, 0.717) is 5.92 Å². The molecule has 4 nitrogen and oxygen atoms in total. The van der Waals surface area contributed by atoms with Crippen molar-refractivity contribution in [3.63, 3.8) is 0 Å². The zero-order valence-electron chi connectivity index (χ0n) is 14.5. The largest absolute Gasteiger partial charge is 0.362 e. The van der Waals surface area contributed by atoms with Crippen LogP contribution in [0.1, 0.15) is 30.2 Å². The molecule has 0 amide bonds. The van der Waals surface area contributed by atoms with Crippen LogP contribution in [0.2, 0.25) is 0 Å². The molecule has 3 rings (SSSR count). The summed E-state index contributed by atoms with van der Waals surface area (Å²) in [6.07, 6.45) is 3.55.